The van der Waals surface area contributed by atoms with Gasteiger partial charge in [-0.15, -0.1) is 24.8 Å². The second-order valence-corrected chi connectivity index (χ2v) is 11.5. The largest absolute Gasteiger partial charge is 0.352 e. The van der Waals surface area contributed by atoms with Crippen LogP contribution in [0.2, 0.25) is 0 Å². The molecule has 0 bridgehead atoms. The number of likely N-dealkylation sites (tertiary alicyclic amines) is 1. The Balaban J connectivity index is 0.00000185. The molecule has 0 unspecified atom stereocenters. The number of nitrogens with zero attached hydrogens (tertiary/aromatic N) is 3. The number of halogens is 4. The molecule has 216 valence electrons. The van der Waals surface area contributed by atoms with Crippen molar-refractivity contribution in [3.63, 3.8) is 0 Å². The Morgan fingerprint density at radius 2 is 1.85 bits per heavy atom. The fourth-order valence-corrected chi connectivity index (χ4v) is 6.70. The molecule has 2 N–H and O–H groups in total. The van der Waals surface area contributed by atoms with Gasteiger partial charge in [-0.1, -0.05) is 17.4 Å². The number of piperidine rings is 2. The number of aromatic nitrogens is 2. The number of carbonyl (C=O) groups is 1. The molecule has 11 heteroatoms. The molecule has 2 fully saturated rings. The van der Waals surface area contributed by atoms with Crippen molar-refractivity contribution in [3.8, 4) is 11.3 Å². The molecule has 6 rings (SSSR count). The van der Waals surface area contributed by atoms with Crippen molar-refractivity contribution in [1.82, 2.24) is 24.9 Å². The van der Waals surface area contributed by atoms with Crippen LogP contribution >= 0.6 is 36.2 Å². The van der Waals surface area contributed by atoms with Gasteiger partial charge in [0.2, 0.25) is 0 Å². The lowest BCUT2D eigenvalue weighted by molar-refractivity contribution is 0.0950. The summed E-state index contributed by atoms with van der Waals surface area (Å²) in [5, 5.41) is 6.36. The summed E-state index contributed by atoms with van der Waals surface area (Å²) in [6, 6.07) is 11.2. The van der Waals surface area contributed by atoms with Crippen molar-refractivity contribution in [2.45, 2.75) is 44.2 Å². The molecule has 2 aliphatic heterocycles. The summed E-state index contributed by atoms with van der Waals surface area (Å²) in [5.74, 6) is 0.0692. The highest BCUT2D eigenvalue weighted by atomic mass is 35.5. The number of imidazole rings is 1. The van der Waals surface area contributed by atoms with Crippen LogP contribution in [0.1, 0.15) is 53.9 Å². The number of carbonyl (C=O) groups excluding carboxylic acids is 1. The fraction of sp³-hybridized carbons (Fsp3) is 0.448. The van der Waals surface area contributed by atoms with E-state index in [0.717, 1.165) is 72.7 Å². The number of alkyl halides is 1. The van der Waals surface area contributed by atoms with Gasteiger partial charge in [-0.25, -0.2) is 13.8 Å². The Bertz CT molecular complexity index is 1450. The number of hydrogen-bond acceptors (Lipinski definition) is 5. The summed E-state index contributed by atoms with van der Waals surface area (Å²) in [7, 11) is 0. The molecule has 0 atom stereocenters. The summed E-state index contributed by atoms with van der Waals surface area (Å²) >= 11 is 1.49. The molecular weight excluding hydrogens is 575 g/mol. The van der Waals surface area contributed by atoms with Crippen LogP contribution in [0.3, 0.4) is 0 Å². The average molecular weight is 611 g/mol. The molecule has 40 heavy (non-hydrogen) atoms. The first kappa shape index (κ1) is 30.7. The van der Waals surface area contributed by atoms with Gasteiger partial charge in [0.25, 0.3) is 5.91 Å². The van der Waals surface area contributed by atoms with E-state index < -0.39 is 6.17 Å². The topological polar surface area (TPSA) is 61.7 Å². The van der Waals surface area contributed by atoms with Crippen LogP contribution in [0.5, 0.6) is 0 Å². The van der Waals surface area contributed by atoms with E-state index in [1.807, 2.05) is 40.9 Å². The van der Waals surface area contributed by atoms with Crippen molar-refractivity contribution < 1.29 is 13.6 Å². The highest BCUT2D eigenvalue weighted by molar-refractivity contribution is 7.23. The van der Waals surface area contributed by atoms with Crippen LogP contribution in [0.15, 0.2) is 42.6 Å². The van der Waals surface area contributed by atoms with E-state index in [4.69, 9.17) is 4.98 Å². The third-order valence-corrected chi connectivity index (χ3v) is 8.91. The minimum Gasteiger partial charge on any atom is -0.352 e. The molecule has 4 heterocycles. The van der Waals surface area contributed by atoms with E-state index in [1.165, 1.54) is 11.3 Å². The van der Waals surface area contributed by atoms with Gasteiger partial charge < -0.3 is 15.5 Å². The summed E-state index contributed by atoms with van der Waals surface area (Å²) in [5.41, 5.74) is 3.75. The molecule has 0 radical (unpaired) electrons. The third kappa shape index (κ3) is 6.60. The molecule has 2 aromatic carbocycles. The molecule has 0 spiro atoms. The van der Waals surface area contributed by atoms with Gasteiger partial charge >= 0.3 is 0 Å². The predicted molar refractivity (Wildman–Crippen MR) is 163 cm³/mol. The van der Waals surface area contributed by atoms with Crippen LogP contribution in [0, 0.1) is 5.82 Å². The Kier molecular flexibility index (Phi) is 10.4. The number of amides is 1. The lowest BCUT2D eigenvalue weighted by Crippen LogP contribution is -2.36. The Morgan fingerprint density at radius 1 is 1.07 bits per heavy atom. The Morgan fingerprint density at radius 3 is 2.60 bits per heavy atom. The van der Waals surface area contributed by atoms with Crippen molar-refractivity contribution >= 4 is 57.2 Å². The molecule has 6 nitrogen and oxygen atoms in total. The van der Waals surface area contributed by atoms with E-state index in [9.17, 15) is 9.18 Å². The van der Waals surface area contributed by atoms with Gasteiger partial charge in [0, 0.05) is 37.0 Å². The second-order valence-electron chi connectivity index (χ2n) is 10.5. The van der Waals surface area contributed by atoms with E-state index in [0.29, 0.717) is 42.1 Å². The minimum atomic E-state index is -0.663. The van der Waals surface area contributed by atoms with Gasteiger partial charge in [-0.2, -0.15) is 0 Å². The molecular formula is C29H35Cl2F2N5OS. The average Bonchev–Trinajstić information content (AvgIpc) is 3.50. The molecule has 0 aliphatic carbocycles. The Labute approximate surface area is 249 Å². The van der Waals surface area contributed by atoms with Crippen LogP contribution in [-0.2, 0) is 0 Å². The fourth-order valence-electron chi connectivity index (χ4n) is 5.65. The predicted octanol–water partition coefficient (Wildman–Crippen LogP) is 6.22. The third-order valence-electron chi connectivity index (χ3n) is 7.89. The van der Waals surface area contributed by atoms with Crippen molar-refractivity contribution in [3.05, 3.63) is 59.5 Å². The van der Waals surface area contributed by atoms with Crippen molar-refractivity contribution in [2.75, 3.05) is 39.3 Å². The van der Waals surface area contributed by atoms with Gasteiger partial charge in [0.1, 0.15) is 12.0 Å². The van der Waals surface area contributed by atoms with Crippen LogP contribution in [0.4, 0.5) is 8.78 Å². The summed E-state index contributed by atoms with van der Waals surface area (Å²) < 4.78 is 31.3. The van der Waals surface area contributed by atoms with E-state index >= 15 is 4.39 Å². The lowest BCUT2D eigenvalue weighted by Gasteiger charge is -2.28. The van der Waals surface area contributed by atoms with E-state index in [-0.39, 0.29) is 36.5 Å². The summed E-state index contributed by atoms with van der Waals surface area (Å²) in [6.07, 6.45) is 5.34. The highest BCUT2D eigenvalue weighted by Gasteiger charge is 2.20. The number of rotatable bonds is 7. The first-order valence-corrected chi connectivity index (χ1v) is 14.4. The first-order chi connectivity index (χ1) is 18.5. The molecule has 1 amide bonds. The maximum absolute atomic E-state index is 15.1. The van der Waals surface area contributed by atoms with Gasteiger partial charge in [0.05, 0.1) is 15.9 Å². The molecule has 4 aromatic rings. The zero-order valence-electron chi connectivity index (χ0n) is 22.2. The number of hydrogen-bond donors (Lipinski definition) is 2. The number of fused-ring (bicyclic) bond motifs is 3. The molecule has 2 saturated heterocycles. The van der Waals surface area contributed by atoms with Crippen molar-refractivity contribution in [1.29, 1.82) is 0 Å². The summed E-state index contributed by atoms with van der Waals surface area (Å²) in [4.78, 5) is 20.5. The molecule has 2 aliphatic rings. The minimum absolute atomic E-state index is 0. The number of benzene rings is 2. The summed E-state index contributed by atoms with van der Waals surface area (Å²) in [6.45, 7) is 5.00. The standard InChI is InChI=1S/C29H33F2N5OS.2ClH/c30-22-8-14-35(15-9-22)13-1-10-33-28(37)21-3-5-26-27(17-21)38-29-34-25(18-36(26)29)23-4-2-20(16-24(23)31)19-6-11-32-12-7-19;;/h2-5,16-19,22,32H,1,6-15H2,(H,33,37);2*1H. The van der Waals surface area contributed by atoms with Gasteiger partial charge in [-0.3, -0.25) is 9.20 Å². The smallest absolute Gasteiger partial charge is 0.251 e. The lowest BCUT2D eigenvalue weighted by atomic mass is 9.89. The zero-order valence-corrected chi connectivity index (χ0v) is 24.7. The number of nitrogens with one attached hydrogen (secondary N) is 2. The Hall–Kier alpha value is -2.30. The van der Waals surface area contributed by atoms with Gasteiger partial charge in [0.15, 0.2) is 4.96 Å². The normalized spacial score (nSPS) is 17.1. The quantitative estimate of drug-likeness (QED) is 0.244. The van der Waals surface area contributed by atoms with Crippen molar-refractivity contribution in [2.24, 2.45) is 0 Å². The highest BCUT2D eigenvalue weighted by Crippen LogP contribution is 2.33. The molecule has 0 saturated carbocycles. The zero-order chi connectivity index (χ0) is 26.1. The maximum Gasteiger partial charge on any atom is 0.251 e. The van der Waals surface area contributed by atoms with Gasteiger partial charge in [-0.05, 0) is 93.6 Å². The van der Waals surface area contributed by atoms with Crippen LogP contribution in [0.25, 0.3) is 26.4 Å². The molecule has 2 aromatic heterocycles. The van der Waals surface area contributed by atoms with Crippen LogP contribution < -0.4 is 10.6 Å². The second kappa shape index (κ2) is 13.6. The monoisotopic (exact) mass is 609 g/mol. The maximum atomic E-state index is 15.1. The van der Waals surface area contributed by atoms with Crippen LogP contribution in [-0.4, -0.2) is 65.6 Å². The number of thiazole rings is 1. The first-order valence-electron chi connectivity index (χ1n) is 13.6. The van der Waals surface area contributed by atoms with E-state index in [2.05, 4.69) is 15.5 Å². The SMILES string of the molecule is Cl.Cl.O=C(NCCCN1CCC(F)CC1)c1ccc2c(c1)sc1nc(-c3ccc(C4CCNCC4)cc3F)cn12. The van der Waals surface area contributed by atoms with E-state index in [1.54, 1.807) is 6.07 Å².